The third-order valence-corrected chi connectivity index (χ3v) is 3.75. The number of carboxylic acid groups (broad SMARTS) is 1. The first kappa shape index (κ1) is 12.9. The Morgan fingerprint density at radius 3 is 2.78 bits per heavy atom. The van der Waals surface area contributed by atoms with Crippen molar-refractivity contribution in [1.82, 2.24) is 14.3 Å². The van der Waals surface area contributed by atoms with Crippen LogP contribution in [0.15, 0.2) is 22.9 Å². The van der Waals surface area contributed by atoms with Gasteiger partial charge < -0.3 is 9.67 Å². The zero-order valence-corrected chi connectivity index (χ0v) is 11.8. The lowest BCUT2D eigenvalue weighted by atomic mass is 10.3. The van der Waals surface area contributed by atoms with E-state index in [0.717, 1.165) is 22.3 Å². The van der Waals surface area contributed by atoms with E-state index in [4.69, 9.17) is 5.11 Å². The summed E-state index contributed by atoms with van der Waals surface area (Å²) in [6, 6.07) is 1.59. The number of hydrogen-bond donors (Lipinski definition) is 1. The first-order valence-corrected chi connectivity index (χ1v) is 6.41. The molecule has 0 aliphatic carbocycles. The third kappa shape index (κ3) is 2.33. The molecule has 2 heterocycles. The summed E-state index contributed by atoms with van der Waals surface area (Å²) in [5.74, 6) is -0.910. The molecule has 0 aliphatic heterocycles. The highest BCUT2D eigenvalue weighted by molar-refractivity contribution is 9.10. The second kappa shape index (κ2) is 4.97. The number of carbonyl (C=O) groups is 1. The van der Waals surface area contributed by atoms with E-state index >= 15 is 0 Å². The molecular formula is C12H14BrN3O2. The summed E-state index contributed by atoms with van der Waals surface area (Å²) in [6.45, 7) is 2.65. The maximum Gasteiger partial charge on any atom is 0.337 e. The molecule has 0 saturated heterocycles. The predicted molar refractivity (Wildman–Crippen MR) is 70.8 cm³/mol. The van der Waals surface area contributed by atoms with Gasteiger partial charge in [0.25, 0.3) is 0 Å². The molecule has 18 heavy (non-hydrogen) atoms. The van der Waals surface area contributed by atoms with Crippen LogP contribution in [0.2, 0.25) is 0 Å². The van der Waals surface area contributed by atoms with Crippen molar-refractivity contribution in [2.45, 2.75) is 19.9 Å². The first-order valence-electron chi connectivity index (χ1n) is 5.62. The number of aromatic carboxylic acids is 1. The standard InChI is InChI=1S/C12H14BrN3O2/c1-3-9-11(13)10(15(2)14-9)7-16-5-4-8(6-16)12(17)18/h4-6H,3,7H2,1-2H3,(H,17,18). The molecule has 0 spiro atoms. The summed E-state index contributed by atoms with van der Waals surface area (Å²) in [4.78, 5) is 10.8. The van der Waals surface area contributed by atoms with E-state index < -0.39 is 5.97 Å². The van der Waals surface area contributed by atoms with Crippen molar-refractivity contribution in [3.63, 3.8) is 0 Å². The molecule has 0 saturated carbocycles. The van der Waals surface area contributed by atoms with Crippen molar-refractivity contribution in [3.8, 4) is 0 Å². The Balaban J connectivity index is 2.28. The van der Waals surface area contributed by atoms with Crippen LogP contribution in [0.4, 0.5) is 0 Å². The van der Waals surface area contributed by atoms with Crippen molar-refractivity contribution in [1.29, 1.82) is 0 Å². The maximum absolute atomic E-state index is 10.8. The number of halogens is 1. The van der Waals surface area contributed by atoms with Crippen LogP contribution < -0.4 is 0 Å². The SMILES string of the molecule is CCc1nn(C)c(Cn2ccc(C(=O)O)c2)c1Br. The Hall–Kier alpha value is -1.56. The molecule has 0 atom stereocenters. The maximum atomic E-state index is 10.8. The number of aromatic nitrogens is 3. The smallest absolute Gasteiger partial charge is 0.337 e. The van der Waals surface area contributed by atoms with E-state index in [-0.39, 0.29) is 0 Å². The number of hydrogen-bond acceptors (Lipinski definition) is 2. The van der Waals surface area contributed by atoms with Gasteiger partial charge in [0.2, 0.25) is 0 Å². The van der Waals surface area contributed by atoms with Crippen LogP contribution in [0, 0.1) is 0 Å². The number of nitrogens with zero attached hydrogens (tertiary/aromatic N) is 3. The van der Waals surface area contributed by atoms with Crippen molar-refractivity contribution < 1.29 is 9.90 Å². The molecule has 96 valence electrons. The zero-order valence-electron chi connectivity index (χ0n) is 10.2. The quantitative estimate of drug-likeness (QED) is 0.942. The fourth-order valence-corrected chi connectivity index (χ4v) is 2.57. The van der Waals surface area contributed by atoms with Gasteiger partial charge >= 0.3 is 5.97 Å². The van der Waals surface area contributed by atoms with Gasteiger partial charge in [-0.05, 0) is 28.4 Å². The second-order valence-electron chi connectivity index (χ2n) is 4.06. The Labute approximate surface area is 113 Å². The molecule has 0 bridgehead atoms. The van der Waals surface area contributed by atoms with Crippen molar-refractivity contribution in [2.75, 3.05) is 0 Å². The Morgan fingerprint density at radius 2 is 2.28 bits per heavy atom. The fourth-order valence-electron chi connectivity index (χ4n) is 1.83. The Bertz CT molecular complexity index is 586. The molecule has 2 aromatic heterocycles. The summed E-state index contributed by atoms with van der Waals surface area (Å²) in [6.07, 6.45) is 4.24. The third-order valence-electron chi connectivity index (χ3n) is 2.83. The van der Waals surface area contributed by atoms with E-state index in [2.05, 4.69) is 28.0 Å². The van der Waals surface area contributed by atoms with Gasteiger partial charge in [-0.2, -0.15) is 5.10 Å². The Morgan fingerprint density at radius 1 is 1.56 bits per heavy atom. The summed E-state index contributed by atoms with van der Waals surface area (Å²) in [5.41, 5.74) is 2.33. The molecular weight excluding hydrogens is 298 g/mol. The molecule has 0 amide bonds. The van der Waals surface area contributed by atoms with E-state index in [0.29, 0.717) is 12.1 Å². The molecule has 0 fully saturated rings. The van der Waals surface area contributed by atoms with Crippen molar-refractivity contribution in [3.05, 3.63) is 39.9 Å². The van der Waals surface area contributed by atoms with Gasteiger partial charge in [0, 0.05) is 19.4 Å². The average Bonchev–Trinajstić information content (AvgIpc) is 2.89. The summed E-state index contributed by atoms with van der Waals surface area (Å²) < 4.78 is 4.66. The fraction of sp³-hybridized carbons (Fsp3) is 0.333. The summed E-state index contributed by atoms with van der Waals surface area (Å²) in [7, 11) is 1.89. The monoisotopic (exact) mass is 311 g/mol. The van der Waals surface area contributed by atoms with Crippen LogP contribution >= 0.6 is 15.9 Å². The minimum absolute atomic E-state index is 0.295. The summed E-state index contributed by atoms with van der Waals surface area (Å²) >= 11 is 3.54. The van der Waals surface area contributed by atoms with Gasteiger partial charge in [-0.1, -0.05) is 6.92 Å². The summed E-state index contributed by atoms with van der Waals surface area (Å²) in [5, 5.41) is 13.3. The number of rotatable bonds is 4. The van der Waals surface area contributed by atoms with Crippen LogP contribution in [0.25, 0.3) is 0 Å². The lowest BCUT2D eigenvalue weighted by Crippen LogP contribution is -2.04. The van der Waals surface area contributed by atoms with E-state index in [9.17, 15) is 4.79 Å². The molecule has 0 aliphatic rings. The van der Waals surface area contributed by atoms with Crippen LogP contribution in [0.5, 0.6) is 0 Å². The van der Waals surface area contributed by atoms with Gasteiger partial charge in [0.15, 0.2) is 0 Å². The van der Waals surface area contributed by atoms with E-state index in [1.54, 1.807) is 18.5 Å². The predicted octanol–water partition coefficient (Wildman–Crippen LogP) is 2.29. The van der Waals surface area contributed by atoms with Crippen LogP contribution in [-0.4, -0.2) is 25.4 Å². The highest BCUT2D eigenvalue weighted by Gasteiger charge is 2.13. The first-order chi connectivity index (χ1) is 8.52. The number of aryl methyl sites for hydroxylation is 2. The molecule has 2 aromatic rings. The van der Waals surface area contributed by atoms with Crippen LogP contribution in [0.3, 0.4) is 0 Å². The highest BCUT2D eigenvalue weighted by Crippen LogP contribution is 2.22. The highest BCUT2D eigenvalue weighted by atomic mass is 79.9. The lowest BCUT2D eigenvalue weighted by Gasteiger charge is -2.04. The van der Waals surface area contributed by atoms with Gasteiger partial charge in [-0.25, -0.2) is 4.79 Å². The van der Waals surface area contributed by atoms with Gasteiger partial charge in [-0.3, -0.25) is 4.68 Å². The van der Waals surface area contributed by atoms with E-state index in [1.807, 2.05) is 16.3 Å². The van der Waals surface area contributed by atoms with Crippen LogP contribution in [0.1, 0.15) is 28.7 Å². The molecule has 0 unspecified atom stereocenters. The van der Waals surface area contributed by atoms with E-state index in [1.165, 1.54) is 0 Å². The molecule has 0 radical (unpaired) electrons. The van der Waals surface area contributed by atoms with Gasteiger partial charge in [0.05, 0.1) is 28.0 Å². The normalized spacial score (nSPS) is 10.8. The average molecular weight is 312 g/mol. The van der Waals surface area contributed by atoms with Crippen LogP contribution in [-0.2, 0) is 20.0 Å². The van der Waals surface area contributed by atoms with Crippen molar-refractivity contribution >= 4 is 21.9 Å². The van der Waals surface area contributed by atoms with Gasteiger partial charge in [-0.15, -0.1) is 0 Å². The topological polar surface area (TPSA) is 60.0 Å². The molecule has 1 N–H and O–H groups in total. The molecule has 2 rings (SSSR count). The molecule has 5 nitrogen and oxygen atoms in total. The minimum Gasteiger partial charge on any atom is -0.478 e. The second-order valence-corrected chi connectivity index (χ2v) is 4.86. The zero-order chi connectivity index (χ0) is 13.3. The minimum atomic E-state index is -0.910. The molecule has 0 aromatic carbocycles. The number of carboxylic acids is 1. The molecule has 6 heteroatoms. The largest absolute Gasteiger partial charge is 0.478 e. The lowest BCUT2D eigenvalue weighted by molar-refractivity contribution is 0.0697. The van der Waals surface area contributed by atoms with Crippen molar-refractivity contribution in [2.24, 2.45) is 7.05 Å². The van der Waals surface area contributed by atoms with Gasteiger partial charge in [0.1, 0.15) is 0 Å². The Kier molecular flexibility index (Phi) is 3.56.